The molecule has 0 saturated carbocycles. The molecule has 4 nitrogen and oxygen atoms in total. The van der Waals surface area contributed by atoms with Gasteiger partial charge in [0, 0.05) is 11.5 Å². The fourth-order valence-electron chi connectivity index (χ4n) is 1.42. The van der Waals surface area contributed by atoms with Crippen molar-refractivity contribution < 1.29 is 9.18 Å². The molecule has 0 radical (unpaired) electrons. The van der Waals surface area contributed by atoms with Crippen LogP contribution in [0.5, 0.6) is 0 Å². The van der Waals surface area contributed by atoms with Crippen LogP contribution >= 0.6 is 11.3 Å². The number of rotatable bonds is 3. The second-order valence-corrected chi connectivity index (χ2v) is 5.53. The maximum Gasteiger partial charge on any atom is 0.257 e. The summed E-state index contributed by atoms with van der Waals surface area (Å²) in [4.78, 5) is 11.9. The summed E-state index contributed by atoms with van der Waals surface area (Å²) in [6.07, 6.45) is 0. The minimum Gasteiger partial charge on any atom is -0.296 e. The molecule has 0 bridgehead atoms. The van der Waals surface area contributed by atoms with E-state index in [9.17, 15) is 9.18 Å². The smallest absolute Gasteiger partial charge is 0.257 e. The average Bonchev–Trinajstić information content (AvgIpc) is 2.81. The number of amides is 1. The van der Waals surface area contributed by atoms with Crippen molar-refractivity contribution in [2.45, 2.75) is 26.7 Å². The zero-order valence-electron chi connectivity index (χ0n) is 10.9. The van der Waals surface area contributed by atoms with Crippen LogP contribution in [0.2, 0.25) is 0 Å². The lowest BCUT2D eigenvalue weighted by Crippen LogP contribution is -2.12. The fourth-order valence-corrected chi connectivity index (χ4v) is 2.16. The first kappa shape index (κ1) is 13.6. The van der Waals surface area contributed by atoms with E-state index >= 15 is 0 Å². The van der Waals surface area contributed by atoms with Crippen molar-refractivity contribution in [3.05, 3.63) is 40.2 Å². The molecule has 0 saturated heterocycles. The highest BCUT2D eigenvalue weighted by Gasteiger charge is 2.12. The molecule has 1 amide bonds. The largest absolute Gasteiger partial charge is 0.296 e. The number of hydrogen-bond donors (Lipinski definition) is 1. The molecule has 0 aliphatic heterocycles. The van der Waals surface area contributed by atoms with Crippen molar-refractivity contribution in [3.8, 4) is 0 Å². The molecule has 1 aromatic heterocycles. The van der Waals surface area contributed by atoms with Gasteiger partial charge in [0.25, 0.3) is 5.91 Å². The summed E-state index contributed by atoms with van der Waals surface area (Å²) in [7, 11) is 0. The number of hydrogen-bond acceptors (Lipinski definition) is 4. The molecular formula is C13H14FN3OS. The summed E-state index contributed by atoms with van der Waals surface area (Å²) < 4.78 is 13.4. The van der Waals surface area contributed by atoms with Gasteiger partial charge in [0.1, 0.15) is 10.8 Å². The van der Waals surface area contributed by atoms with Gasteiger partial charge in [-0.05, 0) is 24.6 Å². The van der Waals surface area contributed by atoms with E-state index in [1.165, 1.54) is 17.4 Å². The van der Waals surface area contributed by atoms with Crippen molar-refractivity contribution in [1.29, 1.82) is 0 Å². The van der Waals surface area contributed by atoms with Gasteiger partial charge in [-0.1, -0.05) is 31.3 Å². The Hall–Kier alpha value is -1.82. The monoisotopic (exact) mass is 279 g/mol. The van der Waals surface area contributed by atoms with E-state index < -0.39 is 5.82 Å². The highest BCUT2D eigenvalue weighted by molar-refractivity contribution is 7.15. The first-order chi connectivity index (χ1) is 8.97. The van der Waals surface area contributed by atoms with E-state index in [-0.39, 0.29) is 17.4 Å². The number of benzene rings is 1. The molecule has 19 heavy (non-hydrogen) atoms. The summed E-state index contributed by atoms with van der Waals surface area (Å²) in [5.74, 6) is -0.516. The van der Waals surface area contributed by atoms with Crippen molar-refractivity contribution in [2.75, 3.05) is 5.32 Å². The Morgan fingerprint density at radius 2 is 2.11 bits per heavy atom. The van der Waals surface area contributed by atoms with Crippen LogP contribution in [0, 0.1) is 12.7 Å². The first-order valence-corrected chi connectivity index (χ1v) is 6.70. The molecule has 6 heteroatoms. The van der Waals surface area contributed by atoms with E-state index in [0.29, 0.717) is 10.7 Å². The molecule has 1 heterocycles. The molecule has 0 atom stereocenters. The van der Waals surface area contributed by atoms with E-state index in [4.69, 9.17) is 0 Å². The molecule has 2 aromatic rings. The number of carbonyl (C=O) groups excluding carboxylic acids is 1. The van der Waals surface area contributed by atoms with Gasteiger partial charge in [0.05, 0.1) is 0 Å². The lowest BCUT2D eigenvalue weighted by atomic mass is 10.1. The minimum absolute atomic E-state index is 0.264. The van der Waals surface area contributed by atoms with Gasteiger partial charge in [-0.3, -0.25) is 10.1 Å². The predicted molar refractivity (Wildman–Crippen MR) is 73.1 cm³/mol. The molecule has 1 N–H and O–H groups in total. The van der Waals surface area contributed by atoms with Gasteiger partial charge in [-0.2, -0.15) is 0 Å². The zero-order chi connectivity index (χ0) is 14.0. The van der Waals surface area contributed by atoms with E-state index in [1.807, 2.05) is 13.8 Å². The maximum absolute atomic E-state index is 13.4. The Kier molecular flexibility index (Phi) is 3.90. The van der Waals surface area contributed by atoms with Gasteiger partial charge in [0.15, 0.2) is 0 Å². The second kappa shape index (κ2) is 5.44. The van der Waals surface area contributed by atoms with Crippen molar-refractivity contribution >= 4 is 22.4 Å². The third-order valence-corrected chi connectivity index (χ3v) is 3.73. The molecule has 0 spiro atoms. The molecule has 100 valence electrons. The summed E-state index contributed by atoms with van der Waals surface area (Å²) in [5.41, 5.74) is 0.777. The van der Waals surface area contributed by atoms with Crippen molar-refractivity contribution in [2.24, 2.45) is 0 Å². The van der Waals surface area contributed by atoms with Crippen LogP contribution < -0.4 is 5.32 Å². The fraction of sp³-hybridized carbons (Fsp3) is 0.308. The summed E-state index contributed by atoms with van der Waals surface area (Å²) in [6.45, 7) is 5.65. The number of nitrogens with zero attached hydrogens (tertiary/aromatic N) is 2. The number of nitrogens with one attached hydrogen (secondary N) is 1. The lowest BCUT2D eigenvalue weighted by Gasteiger charge is -2.02. The Morgan fingerprint density at radius 3 is 2.68 bits per heavy atom. The first-order valence-electron chi connectivity index (χ1n) is 5.88. The predicted octanol–water partition coefficient (Wildman–Crippen LogP) is 3.36. The molecular weight excluding hydrogens is 265 g/mol. The third-order valence-electron chi connectivity index (χ3n) is 2.59. The molecule has 2 rings (SSSR count). The molecule has 1 aromatic carbocycles. The van der Waals surface area contributed by atoms with Crippen LogP contribution in [0.25, 0.3) is 0 Å². The van der Waals surface area contributed by atoms with Crippen LogP contribution in [0.1, 0.15) is 40.7 Å². The number of anilines is 1. The summed E-state index contributed by atoms with van der Waals surface area (Å²) in [6, 6.07) is 4.37. The van der Waals surface area contributed by atoms with Crippen LogP contribution in [0.4, 0.5) is 9.52 Å². The minimum atomic E-state index is -0.396. The topological polar surface area (TPSA) is 54.9 Å². The van der Waals surface area contributed by atoms with Crippen molar-refractivity contribution in [1.82, 2.24) is 10.2 Å². The number of halogens is 1. The quantitative estimate of drug-likeness (QED) is 0.937. The summed E-state index contributed by atoms with van der Waals surface area (Å²) >= 11 is 1.32. The second-order valence-electron chi connectivity index (χ2n) is 4.52. The number of aryl methyl sites for hydroxylation is 1. The number of carbonyl (C=O) groups is 1. The van der Waals surface area contributed by atoms with Crippen LogP contribution in [-0.2, 0) is 0 Å². The Morgan fingerprint density at radius 1 is 1.37 bits per heavy atom. The van der Waals surface area contributed by atoms with Crippen molar-refractivity contribution in [3.63, 3.8) is 0 Å². The molecule has 0 fully saturated rings. The highest BCUT2D eigenvalue weighted by atomic mass is 32.1. The third kappa shape index (κ3) is 3.14. The van der Waals surface area contributed by atoms with Crippen LogP contribution in [-0.4, -0.2) is 16.1 Å². The van der Waals surface area contributed by atoms with Gasteiger partial charge in [-0.25, -0.2) is 4.39 Å². The zero-order valence-corrected chi connectivity index (χ0v) is 11.7. The Balaban J connectivity index is 2.13. The normalized spacial score (nSPS) is 10.8. The van der Waals surface area contributed by atoms with E-state index in [1.54, 1.807) is 19.1 Å². The van der Waals surface area contributed by atoms with Gasteiger partial charge >= 0.3 is 0 Å². The molecule has 0 aliphatic carbocycles. The average molecular weight is 279 g/mol. The van der Waals surface area contributed by atoms with Gasteiger partial charge in [0.2, 0.25) is 5.13 Å². The Labute approximate surface area is 114 Å². The lowest BCUT2D eigenvalue weighted by molar-refractivity contribution is 0.102. The number of aromatic nitrogens is 2. The molecule has 0 aliphatic rings. The van der Waals surface area contributed by atoms with Gasteiger partial charge in [-0.15, -0.1) is 10.2 Å². The van der Waals surface area contributed by atoms with Crippen LogP contribution in [0.3, 0.4) is 0 Å². The standard InChI is InChI=1S/C13H14FN3OS/c1-7(2)12-16-17-13(19-12)15-11(18)9-5-4-8(3)10(14)6-9/h4-7H,1-3H3,(H,15,17,18). The SMILES string of the molecule is Cc1ccc(C(=O)Nc2nnc(C(C)C)s2)cc1F. The molecule has 0 unspecified atom stereocenters. The van der Waals surface area contributed by atoms with E-state index in [0.717, 1.165) is 5.01 Å². The van der Waals surface area contributed by atoms with Crippen LogP contribution in [0.15, 0.2) is 18.2 Å². The highest BCUT2D eigenvalue weighted by Crippen LogP contribution is 2.23. The Bertz CT molecular complexity index is 610. The summed E-state index contributed by atoms with van der Waals surface area (Å²) in [5, 5.41) is 11.8. The maximum atomic E-state index is 13.4. The van der Waals surface area contributed by atoms with E-state index in [2.05, 4.69) is 15.5 Å². The van der Waals surface area contributed by atoms with Gasteiger partial charge < -0.3 is 0 Å².